The van der Waals surface area contributed by atoms with Crippen LogP contribution in [0.1, 0.15) is 24.0 Å². The lowest BCUT2D eigenvalue weighted by Crippen LogP contribution is -2.37. The van der Waals surface area contributed by atoms with E-state index in [1.165, 1.54) is 0 Å². The number of nitrogens with two attached hydrogens (primary N) is 1. The van der Waals surface area contributed by atoms with Crippen molar-refractivity contribution in [1.29, 1.82) is 0 Å². The molecule has 0 saturated heterocycles. The van der Waals surface area contributed by atoms with E-state index in [9.17, 15) is 5.11 Å². The van der Waals surface area contributed by atoms with Gasteiger partial charge in [0.1, 0.15) is 17.1 Å². The molecule has 1 aliphatic carbocycles. The number of hydrogen-bond donors (Lipinski definition) is 2. The van der Waals surface area contributed by atoms with Gasteiger partial charge in [0.05, 0.1) is 0 Å². The monoisotopic (exact) mass is 181 g/mol. The molecule has 2 atom stereocenters. The molecule has 13 heavy (non-hydrogen) atoms. The van der Waals surface area contributed by atoms with E-state index in [0.29, 0.717) is 0 Å². The Kier molecular flexibility index (Phi) is 1.75. The molecule has 0 radical (unpaired) electrons. The lowest BCUT2D eigenvalue weighted by Gasteiger charge is -2.25. The summed E-state index contributed by atoms with van der Waals surface area (Å²) < 4.78 is 5.48. The second kappa shape index (κ2) is 2.59. The van der Waals surface area contributed by atoms with Gasteiger partial charge in [0.2, 0.25) is 0 Å². The van der Waals surface area contributed by atoms with Crippen LogP contribution in [-0.2, 0) is 12.0 Å². The van der Waals surface area contributed by atoms with Crippen molar-refractivity contribution in [1.82, 2.24) is 0 Å². The minimum atomic E-state index is -0.868. The van der Waals surface area contributed by atoms with Crippen molar-refractivity contribution >= 4 is 0 Å². The summed E-state index contributed by atoms with van der Waals surface area (Å²) >= 11 is 0. The number of aliphatic hydroxyl groups is 1. The Morgan fingerprint density at radius 3 is 3.08 bits per heavy atom. The van der Waals surface area contributed by atoms with Gasteiger partial charge >= 0.3 is 0 Å². The maximum Gasteiger partial charge on any atom is 0.110 e. The van der Waals surface area contributed by atoms with E-state index in [1.807, 2.05) is 19.9 Å². The topological polar surface area (TPSA) is 59.4 Å². The van der Waals surface area contributed by atoms with Gasteiger partial charge in [0.15, 0.2) is 0 Å². The van der Waals surface area contributed by atoms with Crippen molar-refractivity contribution in [3.8, 4) is 0 Å². The third-order valence-corrected chi connectivity index (χ3v) is 3.02. The quantitative estimate of drug-likeness (QED) is 0.677. The fourth-order valence-electron chi connectivity index (χ4n) is 2.10. The molecule has 1 aromatic heterocycles. The Hall–Kier alpha value is -0.800. The molecule has 0 saturated carbocycles. The number of hydrogen-bond acceptors (Lipinski definition) is 3. The summed E-state index contributed by atoms with van der Waals surface area (Å²) in [6.45, 7) is 4.15. The predicted molar refractivity (Wildman–Crippen MR) is 49.3 cm³/mol. The van der Waals surface area contributed by atoms with Crippen LogP contribution in [0.4, 0.5) is 0 Å². The van der Waals surface area contributed by atoms with E-state index in [0.717, 1.165) is 23.5 Å². The first-order valence-corrected chi connectivity index (χ1v) is 4.60. The van der Waals surface area contributed by atoms with Crippen molar-refractivity contribution in [2.24, 2.45) is 11.7 Å². The molecular weight excluding hydrogens is 166 g/mol. The highest BCUT2D eigenvalue weighted by molar-refractivity contribution is 5.34. The molecule has 0 aliphatic heterocycles. The first-order valence-electron chi connectivity index (χ1n) is 4.60. The molecule has 2 unspecified atom stereocenters. The largest absolute Gasteiger partial charge is 0.466 e. The standard InChI is InChI=1S/C10H15NO2/c1-6-3-9-8(4-7(2)13-9)10(6,12)5-11/h4,6,12H,3,5,11H2,1-2H3. The van der Waals surface area contributed by atoms with Gasteiger partial charge in [-0.05, 0) is 18.9 Å². The Bertz CT molecular complexity index is 332. The molecule has 2 rings (SSSR count). The number of aryl methyl sites for hydroxylation is 1. The van der Waals surface area contributed by atoms with Crippen LogP contribution in [0.2, 0.25) is 0 Å². The molecule has 1 aromatic rings. The molecule has 0 bridgehead atoms. The third kappa shape index (κ3) is 1.04. The van der Waals surface area contributed by atoms with Crippen LogP contribution in [0.15, 0.2) is 10.5 Å². The van der Waals surface area contributed by atoms with Gasteiger partial charge in [-0.25, -0.2) is 0 Å². The van der Waals surface area contributed by atoms with E-state index in [-0.39, 0.29) is 12.5 Å². The van der Waals surface area contributed by atoms with E-state index in [4.69, 9.17) is 10.2 Å². The molecule has 1 aliphatic rings. The van der Waals surface area contributed by atoms with Crippen molar-refractivity contribution < 1.29 is 9.52 Å². The zero-order valence-corrected chi connectivity index (χ0v) is 8.00. The molecule has 0 spiro atoms. The summed E-state index contributed by atoms with van der Waals surface area (Å²) in [7, 11) is 0. The van der Waals surface area contributed by atoms with Gasteiger partial charge in [-0.2, -0.15) is 0 Å². The maximum atomic E-state index is 10.2. The molecule has 3 heteroatoms. The highest BCUT2D eigenvalue weighted by Crippen LogP contribution is 2.41. The summed E-state index contributed by atoms with van der Waals surface area (Å²) in [6, 6.07) is 1.89. The van der Waals surface area contributed by atoms with E-state index in [1.54, 1.807) is 0 Å². The van der Waals surface area contributed by atoms with Crippen LogP contribution >= 0.6 is 0 Å². The molecule has 1 heterocycles. The van der Waals surface area contributed by atoms with Gasteiger partial charge in [-0.15, -0.1) is 0 Å². The number of rotatable bonds is 1. The first kappa shape index (κ1) is 8.78. The van der Waals surface area contributed by atoms with Gasteiger partial charge in [0.25, 0.3) is 0 Å². The van der Waals surface area contributed by atoms with Crippen molar-refractivity contribution in [2.45, 2.75) is 25.9 Å². The Labute approximate surface area is 77.5 Å². The van der Waals surface area contributed by atoms with Gasteiger partial charge < -0.3 is 15.3 Å². The lowest BCUT2D eigenvalue weighted by molar-refractivity contribution is 0.00482. The van der Waals surface area contributed by atoms with Crippen LogP contribution in [-0.4, -0.2) is 11.7 Å². The molecule has 0 aromatic carbocycles. The minimum Gasteiger partial charge on any atom is -0.466 e. The van der Waals surface area contributed by atoms with E-state index < -0.39 is 5.60 Å². The third-order valence-electron chi connectivity index (χ3n) is 3.02. The van der Waals surface area contributed by atoms with E-state index in [2.05, 4.69) is 0 Å². The highest BCUT2D eigenvalue weighted by atomic mass is 16.3. The molecular formula is C10H15NO2. The van der Waals surface area contributed by atoms with Crippen LogP contribution in [0, 0.1) is 12.8 Å². The molecule has 0 amide bonds. The Morgan fingerprint density at radius 1 is 1.77 bits per heavy atom. The minimum absolute atomic E-state index is 0.159. The SMILES string of the molecule is Cc1cc2c(o1)CC(C)C2(O)CN. The highest BCUT2D eigenvalue weighted by Gasteiger charge is 2.44. The van der Waals surface area contributed by atoms with Crippen LogP contribution in [0.5, 0.6) is 0 Å². The van der Waals surface area contributed by atoms with Crippen LogP contribution in [0.25, 0.3) is 0 Å². The second-order valence-corrected chi connectivity index (χ2v) is 3.93. The second-order valence-electron chi connectivity index (χ2n) is 3.93. The van der Waals surface area contributed by atoms with Crippen LogP contribution < -0.4 is 5.73 Å². The number of furan rings is 1. The number of fused-ring (bicyclic) bond motifs is 1. The molecule has 0 fully saturated rings. The molecule has 3 nitrogen and oxygen atoms in total. The normalized spacial score (nSPS) is 32.2. The summed E-state index contributed by atoms with van der Waals surface area (Å²) in [5.74, 6) is 1.91. The van der Waals surface area contributed by atoms with Crippen LogP contribution in [0.3, 0.4) is 0 Å². The Morgan fingerprint density at radius 2 is 2.46 bits per heavy atom. The van der Waals surface area contributed by atoms with Gasteiger partial charge in [0, 0.05) is 18.5 Å². The fraction of sp³-hybridized carbons (Fsp3) is 0.600. The van der Waals surface area contributed by atoms with Crippen molar-refractivity contribution in [3.05, 3.63) is 23.2 Å². The van der Waals surface area contributed by atoms with Crippen molar-refractivity contribution in [3.63, 3.8) is 0 Å². The smallest absolute Gasteiger partial charge is 0.110 e. The molecule has 72 valence electrons. The fourth-order valence-corrected chi connectivity index (χ4v) is 2.10. The Balaban J connectivity index is 2.50. The summed E-state index contributed by atoms with van der Waals surface area (Å²) in [4.78, 5) is 0. The summed E-state index contributed by atoms with van der Waals surface area (Å²) in [5.41, 5.74) is 5.61. The average Bonchev–Trinajstić information content (AvgIpc) is 2.53. The average molecular weight is 181 g/mol. The summed E-state index contributed by atoms with van der Waals surface area (Å²) in [6.07, 6.45) is 0.789. The lowest BCUT2D eigenvalue weighted by atomic mass is 9.89. The predicted octanol–water partition coefficient (Wildman–Crippen LogP) is 0.927. The zero-order chi connectivity index (χ0) is 9.64. The molecule has 3 N–H and O–H groups in total. The maximum absolute atomic E-state index is 10.2. The van der Waals surface area contributed by atoms with Gasteiger partial charge in [-0.3, -0.25) is 0 Å². The van der Waals surface area contributed by atoms with Crippen molar-refractivity contribution in [2.75, 3.05) is 6.54 Å². The summed E-state index contributed by atoms with van der Waals surface area (Å²) in [5, 5.41) is 10.2. The van der Waals surface area contributed by atoms with Gasteiger partial charge in [-0.1, -0.05) is 6.92 Å². The first-order chi connectivity index (χ1) is 6.08. The van der Waals surface area contributed by atoms with E-state index >= 15 is 0 Å². The zero-order valence-electron chi connectivity index (χ0n) is 8.00.